The Labute approximate surface area is 135 Å². The monoisotopic (exact) mass is 309 g/mol. The van der Waals surface area contributed by atoms with E-state index in [0.717, 1.165) is 11.4 Å². The summed E-state index contributed by atoms with van der Waals surface area (Å²) in [4.78, 5) is 14.8. The van der Waals surface area contributed by atoms with Crippen LogP contribution >= 0.6 is 11.8 Å². The molecule has 0 aromatic heterocycles. The van der Waals surface area contributed by atoms with Gasteiger partial charge in [-0.1, -0.05) is 48.5 Å². The van der Waals surface area contributed by atoms with Crippen LogP contribution in [0, 0.1) is 5.41 Å². The molecule has 2 heterocycles. The molecule has 0 unspecified atom stereocenters. The summed E-state index contributed by atoms with van der Waals surface area (Å²) in [5.74, 6) is 1.39. The first kappa shape index (κ1) is 13.9. The number of carbonyl (C=O) groups is 1. The number of fused-ring (bicyclic) bond motifs is 3. The summed E-state index contributed by atoms with van der Waals surface area (Å²) in [6.07, 6.45) is 0. The van der Waals surface area contributed by atoms with Crippen molar-refractivity contribution in [2.45, 2.75) is 18.1 Å². The molecule has 1 amide bonds. The number of hydrogen-bond donors (Lipinski definition) is 0. The zero-order chi connectivity index (χ0) is 15.3. The van der Waals surface area contributed by atoms with Crippen molar-refractivity contribution < 1.29 is 4.79 Å². The van der Waals surface area contributed by atoms with Crippen molar-refractivity contribution in [1.82, 2.24) is 0 Å². The lowest BCUT2D eigenvalue weighted by atomic mass is 9.68. The first-order chi connectivity index (χ1) is 10.6. The molecule has 112 valence electrons. The predicted octanol–water partition coefficient (Wildman–Crippen LogP) is 4.24. The zero-order valence-electron chi connectivity index (χ0n) is 12.8. The minimum atomic E-state index is -0.311. The molecule has 0 saturated carbocycles. The molecule has 2 aliphatic heterocycles. The summed E-state index contributed by atoms with van der Waals surface area (Å²) in [5, 5.41) is 0.352. The van der Waals surface area contributed by atoms with E-state index in [-0.39, 0.29) is 17.2 Å². The fourth-order valence-electron chi connectivity index (χ4n) is 3.96. The molecular formula is C19H19NOS. The molecule has 2 aromatic carbocycles. The summed E-state index contributed by atoms with van der Waals surface area (Å²) in [6.45, 7) is 2.14. The van der Waals surface area contributed by atoms with Crippen LogP contribution in [0.25, 0.3) is 0 Å². The smallest absolute Gasteiger partial charge is 0.234 e. The van der Waals surface area contributed by atoms with Crippen LogP contribution in [-0.4, -0.2) is 18.7 Å². The number of anilines is 1. The van der Waals surface area contributed by atoms with Crippen LogP contribution < -0.4 is 4.90 Å². The van der Waals surface area contributed by atoms with E-state index in [4.69, 9.17) is 0 Å². The Morgan fingerprint density at radius 2 is 1.77 bits per heavy atom. The molecule has 22 heavy (non-hydrogen) atoms. The van der Waals surface area contributed by atoms with Crippen molar-refractivity contribution in [2.75, 3.05) is 17.7 Å². The number of para-hydroxylation sites is 1. The highest BCUT2D eigenvalue weighted by atomic mass is 32.2. The van der Waals surface area contributed by atoms with Crippen LogP contribution in [0.15, 0.2) is 54.6 Å². The molecule has 2 aliphatic rings. The predicted molar refractivity (Wildman–Crippen MR) is 92.3 cm³/mol. The van der Waals surface area contributed by atoms with Crippen molar-refractivity contribution in [1.29, 1.82) is 0 Å². The Morgan fingerprint density at radius 1 is 1.09 bits per heavy atom. The number of rotatable bonds is 1. The van der Waals surface area contributed by atoms with Crippen molar-refractivity contribution >= 4 is 23.4 Å². The van der Waals surface area contributed by atoms with Gasteiger partial charge in [0, 0.05) is 29.7 Å². The number of benzene rings is 2. The topological polar surface area (TPSA) is 20.3 Å². The summed E-state index contributed by atoms with van der Waals surface area (Å²) >= 11 is 1.92. The Bertz CT molecular complexity index is 729. The van der Waals surface area contributed by atoms with E-state index < -0.39 is 0 Å². The van der Waals surface area contributed by atoms with Gasteiger partial charge < -0.3 is 4.90 Å². The van der Waals surface area contributed by atoms with Crippen LogP contribution in [0.2, 0.25) is 0 Å². The van der Waals surface area contributed by atoms with Gasteiger partial charge in [-0.2, -0.15) is 11.8 Å². The normalized spacial score (nSPS) is 30.1. The van der Waals surface area contributed by atoms with E-state index in [1.165, 1.54) is 11.1 Å². The zero-order valence-corrected chi connectivity index (χ0v) is 13.6. The Morgan fingerprint density at radius 3 is 2.55 bits per heavy atom. The maximum Gasteiger partial charge on any atom is 0.234 e. The van der Waals surface area contributed by atoms with Crippen molar-refractivity contribution in [3.8, 4) is 0 Å². The van der Waals surface area contributed by atoms with E-state index in [0.29, 0.717) is 5.25 Å². The molecule has 0 aliphatic carbocycles. The fourth-order valence-corrected chi connectivity index (χ4v) is 5.78. The summed E-state index contributed by atoms with van der Waals surface area (Å²) in [5.41, 5.74) is 3.40. The summed E-state index contributed by atoms with van der Waals surface area (Å²) < 4.78 is 0. The molecule has 0 spiro atoms. The highest BCUT2D eigenvalue weighted by molar-refractivity contribution is 7.99. The number of thioether (sulfide) groups is 1. The van der Waals surface area contributed by atoms with Crippen LogP contribution in [0.5, 0.6) is 0 Å². The minimum absolute atomic E-state index is 0.250. The standard InChI is InChI=1S/C19H19NOS/c1-19-12-22-17(13-8-4-3-5-9-13)16(19)14-10-6-7-11-15(14)20(2)18(19)21/h3-11,16-17H,12H2,1-2H3/t16-,17+,19-/m1/s1. The van der Waals surface area contributed by atoms with Gasteiger partial charge in [-0.15, -0.1) is 0 Å². The van der Waals surface area contributed by atoms with Gasteiger partial charge in [0.05, 0.1) is 5.41 Å². The Kier molecular flexibility index (Phi) is 3.08. The van der Waals surface area contributed by atoms with E-state index >= 15 is 0 Å². The molecule has 2 aromatic rings. The van der Waals surface area contributed by atoms with Gasteiger partial charge in [0.2, 0.25) is 5.91 Å². The van der Waals surface area contributed by atoms with E-state index in [1.807, 2.05) is 29.8 Å². The van der Waals surface area contributed by atoms with Gasteiger partial charge in [0.25, 0.3) is 0 Å². The second kappa shape index (κ2) is 4.88. The van der Waals surface area contributed by atoms with Gasteiger partial charge in [0.15, 0.2) is 0 Å². The van der Waals surface area contributed by atoms with Crippen LogP contribution in [-0.2, 0) is 4.79 Å². The molecule has 1 fully saturated rings. The van der Waals surface area contributed by atoms with Crippen LogP contribution in [0.4, 0.5) is 5.69 Å². The third-order valence-electron chi connectivity index (χ3n) is 5.11. The van der Waals surface area contributed by atoms with Crippen molar-refractivity contribution in [2.24, 2.45) is 5.41 Å². The van der Waals surface area contributed by atoms with E-state index in [1.54, 1.807) is 0 Å². The van der Waals surface area contributed by atoms with Gasteiger partial charge in [0.1, 0.15) is 0 Å². The van der Waals surface area contributed by atoms with Gasteiger partial charge >= 0.3 is 0 Å². The summed E-state index contributed by atoms with van der Waals surface area (Å²) in [7, 11) is 1.91. The lowest BCUT2D eigenvalue weighted by molar-refractivity contribution is -0.127. The van der Waals surface area contributed by atoms with Gasteiger partial charge in [-0.3, -0.25) is 4.79 Å². The lowest BCUT2D eigenvalue weighted by Crippen LogP contribution is -2.48. The molecule has 2 nitrogen and oxygen atoms in total. The van der Waals surface area contributed by atoms with E-state index in [2.05, 4.69) is 55.5 Å². The maximum absolute atomic E-state index is 13.0. The first-order valence-electron chi connectivity index (χ1n) is 7.66. The highest BCUT2D eigenvalue weighted by Crippen LogP contribution is 2.63. The van der Waals surface area contributed by atoms with Crippen molar-refractivity contribution in [3.63, 3.8) is 0 Å². The van der Waals surface area contributed by atoms with Gasteiger partial charge in [-0.25, -0.2) is 0 Å². The van der Waals surface area contributed by atoms with Gasteiger partial charge in [-0.05, 0) is 24.1 Å². The molecule has 3 heteroatoms. The molecule has 0 radical (unpaired) electrons. The molecule has 0 N–H and O–H groups in total. The largest absolute Gasteiger partial charge is 0.315 e. The average Bonchev–Trinajstić information content (AvgIpc) is 2.93. The summed E-state index contributed by atoms with van der Waals surface area (Å²) in [6, 6.07) is 19.0. The SMILES string of the molecule is CN1C(=O)[C@]2(C)CS[C@@H](c3ccccc3)[C@H]2c2ccccc21. The third-order valence-corrected chi connectivity index (χ3v) is 6.78. The second-order valence-corrected chi connectivity index (χ2v) is 7.59. The quantitative estimate of drug-likeness (QED) is 0.785. The number of carbonyl (C=O) groups excluding carboxylic acids is 1. The molecule has 0 bridgehead atoms. The number of amides is 1. The molecule has 3 atom stereocenters. The average molecular weight is 309 g/mol. The highest BCUT2D eigenvalue weighted by Gasteiger charge is 2.56. The third kappa shape index (κ3) is 1.78. The van der Waals surface area contributed by atoms with E-state index in [9.17, 15) is 4.79 Å². The fraction of sp³-hybridized carbons (Fsp3) is 0.316. The van der Waals surface area contributed by atoms with Crippen LogP contribution in [0.3, 0.4) is 0 Å². The number of hydrogen-bond acceptors (Lipinski definition) is 2. The van der Waals surface area contributed by atoms with Crippen molar-refractivity contribution in [3.05, 3.63) is 65.7 Å². The van der Waals surface area contributed by atoms with Crippen LogP contribution in [0.1, 0.15) is 29.2 Å². The molecule has 4 rings (SSSR count). The Balaban J connectivity index is 1.90. The first-order valence-corrected chi connectivity index (χ1v) is 8.71. The Hall–Kier alpha value is -1.74. The minimum Gasteiger partial charge on any atom is -0.315 e. The second-order valence-electron chi connectivity index (χ2n) is 6.46. The number of nitrogens with zero attached hydrogens (tertiary/aromatic N) is 1. The molecule has 1 saturated heterocycles. The molecular weight excluding hydrogens is 290 g/mol. The lowest BCUT2D eigenvalue weighted by Gasteiger charge is -2.42. The maximum atomic E-state index is 13.0.